The third-order valence-electron chi connectivity index (χ3n) is 4.19. The van der Waals surface area contributed by atoms with Gasteiger partial charge in [-0.1, -0.05) is 25.1 Å². The van der Waals surface area contributed by atoms with Gasteiger partial charge in [0.15, 0.2) is 5.71 Å². The number of carbonyl (C=O) groups excluding carboxylic acids is 2. The summed E-state index contributed by atoms with van der Waals surface area (Å²) in [5, 5.41) is 9.67. The first-order valence-corrected chi connectivity index (χ1v) is 7.50. The summed E-state index contributed by atoms with van der Waals surface area (Å²) in [6, 6.07) is 12.8. The number of fused-ring (bicyclic) bond motifs is 2. The second kappa shape index (κ2) is 5.13. The van der Waals surface area contributed by atoms with Crippen LogP contribution in [0.3, 0.4) is 0 Å². The minimum atomic E-state index is -0.629. The van der Waals surface area contributed by atoms with Crippen LogP contribution in [0.4, 0.5) is 16.2 Å². The number of benzene rings is 2. The molecule has 0 bridgehead atoms. The average Bonchev–Trinajstić information content (AvgIpc) is 2.58. The Hall–Kier alpha value is -3.28. The number of urea groups is 1. The molecule has 24 heavy (non-hydrogen) atoms. The Bertz CT molecular complexity index is 932. The standard InChI is InChI=1S/C18H13N3O3/c1-10-13-9-12(22)7-8-14(13)19-16-15(10)20-18(24)21(17(16)23)11-5-3-2-4-6-11/h2-10,22H,1H3. The second-order valence-electron chi connectivity index (χ2n) is 5.68. The molecule has 0 aromatic heterocycles. The Labute approximate surface area is 137 Å². The smallest absolute Gasteiger partial charge is 0.355 e. The number of aliphatic imine (C=N–C) groups is 2. The highest BCUT2D eigenvalue weighted by Crippen LogP contribution is 2.37. The highest BCUT2D eigenvalue weighted by atomic mass is 16.3. The first kappa shape index (κ1) is 14.3. The van der Waals surface area contributed by atoms with Crippen LogP contribution in [-0.2, 0) is 4.79 Å². The van der Waals surface area contributed by atoms with E-state index in [2.05, 4.69) is 9.98 Å². The lowest BCUT2D eigenvalue weighted by Gasteiger charge is -2.30. The van der Waals surface area contributed by atoms with Gasteiger partial charge in [-0.05, 0) is 35.9 Å². The molecule has 0 aliphatic carbocycles. The Kier molecular flexibility index (Phi) is 3.06. The zero-order valence-electron chi connectivity index (χ0n) is 12.8. The molecule has 6 nitrogen and oxygen atoms in total. The van der Waals surface area contributed by atoms with E-state index >= 15 is 0 Å². The maximum atomic E-state index is 12.8. The molecule has 118 valence electrons. The van der Waals surface area contributed by atoms with E-state index in [1.54, 1.807) is 42.5 Å². The molecule has 1 unspecified atom stereocenters. The van der Waals surface area contributed by atoms with Crippen LogP contribution in [0.15, 0.2) is 58.5 Å². The predicted octanol–water partition coefficient (Wildman–Crippen LogP) is 3.19. The fourth-order valence-electron chi connectivity index (χ4n) is 2.98. The van der Waals surface area contributed by atoms with Crippen molar-refractivity contribution in [1.82, 2.24) is 0 Å². The summed E-state index contributed by atoms with van der Waals surface area (Å²) in [5.41, 5.74) is 2.32. The summed E-state index contributed by atoms with van der Waals surface area (Å²) >= 11 is 0. The lowest BCUT2D eigenvalue weighted by molar-refractivity contribution is -0.111. The molecule has 2 aromatic rings. The molecule has 1 atom stereocenters. The molecular formula is C18H13N3O3. The molecule has 0 fully saturated rings. The maximum absolute atomic E-state index is 12.8. The van der Waals surface area contributed by atoms with Crippen molar-refractivity contribution in [3.8, 4) is 5.75 Å². The highest BCUT2D eigenvalue weighted by molar-refractivity contribution is 6.74. The van der Waals surface area contributed by atoms with E-state index in [4.69, 9.17) is 0 Å². The fraction of sp³-hybridized carbons (Fsp3) is 0.111. The zero-order chi connectivity index (χ0) is 16.8. The highest BCUT2D eigenvalue weighted by Gasteiger charge is 2.40. The van der Waals surface area contributed by atoms with E-state index in [1.165, 1.54) is 6.07 Å². The molecule has 0 saturated heterocycles. The van der Waals surface area contributed by atoms with Crippen molar-refractivity contribution in [1.29, 1.82) is 0 Å². The molecule has 6 heteroatoms. The normalized spacial score (nSPS) is 19.4. The summed E-state index contributed by atoms with van der Waals surface area (Å²) in [5.74, 6) is -0.675. The Morgan fingerprint density at radius 3 is 2.54 bits per heavy atom. The lowest BCUT2D eigenvalue weighted by Crippen LogP contribution is -2.49. The van der Waals surface area contributed by atoms with Crippen LogP contribution in [0.1, 0.15) is 18.4 Å². The van der Waals surface area contributed by atoms with Crippen molar-refractivity contribution in [2.75, 3.05) is 4.90 Å². The molecule has 0 spiro atoms. The number of amides is 3. The number of hydrogen-bond acceptors (Lipinski definition) is 4. The molecule has 4 rings (SSSR count). The van der Waals surface area contributed by atoms with Gasteiger partial charge in [-0.3, -0.25) is 4.79 Å². The van der Waals surface area contributed by atoms with E-state index in [1.807, 2.05) is 6.92 Å². The number of imide groups is 1. The van der Waals surface area contributed by atoms with E-state index in [-0.39, 0.29) is 17.4 Å². The van der Waals surface area contributed by atoms with Gasteiger partial charge < -0.3 is 5.11 Å². The number of nitrogens with zero attached hydrogens (tertiary/aromatic N) is 3. The Balaban J connectivity index is 1.87. The summed E-state index contributed by atoms with van der Waals surface area (Å²) in [6.07, 6.45) is 0. The topological polar surface area (TPSA) is 82.3 Å². The van der Waals surface area contributed by atoms with E-state index in [0.717, 1.165) is 10.5 Å². The summed E-state index contributed by atoms with van der Waals surface area (Å²) in [7, 11) is 0. The van der Waals surface area contributed by atoms with Crippen LogP contribution < -0.4 is 4.90 Å². The van der Waals surface area contributed by atoms with Gasteiger partial charge in [-0.2, -0.15) is 4.99 Å². The molecule has 3 amide bonds. The van der Waals surface area contributed by atoms with Crippen LogP contribution in [0, 0.1) is 0 Å². The van der Waals surface area contributed by atoms with Crippen molar-refractivity contribution in [3.63, 3.8) is 0 Å². The summed E-state index contributed by atoms with van der Waals surface area (Å²) < 4.78 is 0. The van der Waals surface area contributed by atoms with Crippen LogP contribution in [0.2, 0.25) is 0 Å². The quantitative estimate of drug-likeness (QED) is 0.876. The number of rotatable bonds is 1. The summed E-state index contributed by atoms with van der Waals surface area (Å²) in [4.78, 5) is 34.7. The number of para-hydroxylation sites is 1. The van der Waals surface area contributed by atoms with Crippen LogP contribution >= 0.6 is 0 Å². The van der Waals surface area contributed by atoms with Crippen LogP contribution in [0.25, 0.3) is 0 Å². The first-order chi connectivity index (χ1) is 11.6. The van der Waals surface area contributed by atoms with Gasteiger partial charge in [-0.15, -0.1) is 0 Å². The zero-order valence-corrected chi connectivity index (χ0v) is 12.8. The van der Waals surface area contributed by atoms with E-state index in [9.17, 15) is 14.7 Å². The minimum absolute atomic E-state index is 0.110. The van der Waals surface area contributed by atoms with Crippen molar-refractivity contribution in [2.24, 2.45) is 9.98 Å². The SMILES string of the molecule is CC1C2=NC(=O)N(c3ccccc3)C(=O)C2=Nc2ccc(O)cc21. The number of carbonyl (C=O) groups is 2. The number of phenols is 1. The van der Waals surface area contributed by atoms with Gasteiger partial charge >= 0.3 is 6.03 Å². The summed E-state index contributed by atoms with van der Waals surface area (Å²) in [6.45, 7) is 1.84. The fourth-order valence-corrected chi connectivity index (χ4v) is 2.98. The lowest BCUT2D eigenvalue weighted by atomic mass is 9.87. The Morgan fingerprint density at radius 1 is 1.04 bits per heavy atom. The number of anilines is 1. The third-order valence-corrected chi connectivity index (χ3v) is 4.19. The first-order valence-electron chi connectivity index (χ1n) is 7.50. The molecule has 1 N–H and O–H groups in total. The van der Waals surface area contributed by atoms with Gasteiger partial charge in [0.05, 0.1) is 17.1 Å². The van der Waals surface area contributed by atoms with Crippen molar-refractivity contribution < 1.29 is 14.7 Å². The Morgan fingerprint density at radius 2 is 1.79 bits per heavy atom. The second-order valence-corrected chi connectivity index (χ2v) is 5.68. The van der Waals surface area contributed by atoms with Gasteiger partial charge in [0.25, 0.3) is 5.91 Å². The monoisotopic (exact) mass is 319 g/mol. The molecule has 2 aliphatic heterocycles. The van der Waals surface area contributed by atoms with Crippen LogP contribution in [-0.4, -0.2) is 28.5 Å². The average molecular weight is 319 g/mol. The van der Waals surface area contributed by atoms with Gasteiger partial charge in [-0.25, -0.2) is 14.7 Å². The molecule has 2 heterocycles. The third kappa shape index (κ3) is 2.04. The van der Waals surface area contributed by atoms with E-state index in [0.29, 0.717) is 17.1 Å². The molecule has 0 radical (unpaired) electrons. The maximum Gasteiger partial charge on any atom is 0.355 e. The predicted molar refractivity (Wildman–Crippen MR) is 90.4 cm³/mol. The van der Waals surface area contributed by atoms with Crippen molar-refractivity contribution >= 4 is 34.7 Å². The molecule has 2 aliphatic rings. The van der Waals surface area contributed by atoms with Crippen molar-refractivity contribution in [3.05, 3.63) is 54.1 Å². The number of hydrogen-bond donors (Lipinski definition) is 1. The van der Waals surface area contributed by atoms with Gasteiger partial charge in [0.1, 0.15) is 5.75 Å². The number of aromatic hydroxyl groups is 1. The molecule has 0 saturated carbocycles. The molecular weight excluding hydrogens is 306 g/mol. The van der Waals surface area contributed by atoms with E-state index < -0.39 is 11.9 Å². The largest absolute Gasteiger partial charge is 0.508 e. The van der Waals surface area contributed by atoms with Crippen LogP contribution in [0.5, 0.6) is 5.75 Å². The van der Waals surface area contributed by atoms with Crippen molar-refractivity contribution in [2.45, 2.75) is 12.8 Å². The minimum Gasteiger partial charge on any atom is -0.508 e. The van der Waals surface area contributed by atoms with Gasteiger partial charge in [0.2, 0.25) is 0 Å². The van der Waals surface area contributed by atoms with Gasteiger partial charge in [0, 0.05) is 5.92 Å². The molecule has 2 aromatic carbocycles. The number of phenolic OH excluding ortho intramolecular Hbond substituents is 1.